The van der Waals surface area contributed by atoms with Gasteiger partial charge in [0.15, 0.2) is 12.4 Å². The molecule has 3 amide bonds. The van der Waals surface area contributed by atoms with Gasteiger partial charge in [0.1, 0.15) is 12.1 Å². The maximum Gasteiger partial charge on any atom is 0.326 e. The first-order valence-corrected chi connectivity index (χ1v) is 7.59. The van der Waals surface area contributed by atoms with Gasteiger partial charge in [-0.1, -0.05) is 6.92 Å². The fourth-order valence-corrected chi connectivity index (χ4v) is 2.26. The van der Waals surface area contributed by atoms with Crippen molar-refractivity contribution in [2.45, 2.75) is 32.4 Å². The smallest absolute Gasteiger partial charge is 0.326 e. The fourth-order valence-electron chi connectivity index (χ4n) is 2.26. The first-order chi connectivity index (χ1) is 11.9. The van der Waals surface area contributed by atoms with Crippen molar-refractivity contribution in [1.29, 1.82) is 0 Å². The molecule has 0 aromatic carbocycles. The van der Waals surface area contributed by atoms with Crippen LogP contribution >= 0.6 is 0 Å². The Balaban J connectivity index is 1.55. The number of carbonyl (C=O) groups excluding carboxylic acids is 3. The summed E-state index contributed by atoms with van der Waals surface area (Å²) in [5.74, 6) is -0.612. The highest BCUT2D eigenvalue weighted by molar-refractivity contribution is 6.08. The van der Waals surface area contributed by atoms with Crippen LogP contribution < -0.4 is 5.32 Å². The highest BCUT2D eigenvalue weighted by Gasteiger charge is 2.47. The number of furan rings is 1. The summed E-state index contributed by atoms with van der Waals surface area (Å²) in [5.41, 5.74) is -0.998. The van der Waals surface area contributed by atoms with Crippen LogP contribution in [0.1, 0.15) is 26.2 Å². The molecule has 3 heterocycles. The number of rotatable bonds is 6. The molecule has 0 radical (unpaired) electrons. The Morgan fingerprint density at radius 1 is 1.40 bits per heavy atom. The Labute approximate surface area is 142 Å². The molecule has 10 heteroatoms. The molecular weight excluding hydrogens is 332 g/mol. The van der Waals surface area contributed by atoms with E-state index in [1.807, 2.05) is 0 Å². The van der Waals surface area contributed by atoms with Gasteiger partial charge in [0.2, 0.25) is 0 Å². The van der Waals surface area contributed by atoms with E-state index < -0.39 is 30.0 Å². The van der Waals surface area contributed by atoms with E-state index in [2.05, 4.69) is 15.5 Å². The summed E-state index contributed by atoms with van der Waals surface area (Å²) in [6.07, 6.45) is 1.88. The second-order valence-electron chi connectivity index (χ2n) is 5.65. The van der Waals surface area contributed by atoms with Gasteiger partial charge in [0.05, 0.1) is 6.26 Å². The zero-order valence-electron chi connectivity index (χ0n) is 13.6. The van der Waals surface area contributed by atoms with Gasteiger partial charge in [-0.2, -0.15) is 0 Å². The van der Waals surface area contributed by atoms with Crippen LogP contribution in [0.2, 0.25) is 0 Å². The van der Waals surface area contributed by atoms with Crippen molar-refractivity contribution < 1.29 is 28.0 Å². The lowest BCUT2D eigenvalue weighted by Crippen LogP contribution is -2.43. The normalized spacial score (nSPS) is 20.0. The van der Waals surface area contributed by atoms with E-state index in [0.29, 0.717) is 12.2 Å². The first-order valence-electron chi connectivity index (χ1n) is 7.59. The number of urea groups is 1. The lowest BCUT2D eigenvalue weighted by atomic mass is 9.99. The summed E-state index contributed by atoms with van der Waals surface area (Å²) in [6.45, 7) is 2.61. The van der Waals surface area contributed by atoms with Crippen LogP contribution in [0.3, 0.4) is 0 Å². The molecule has 2 aromatic rings. The average Bonchev–Trinajstić information content (AvgIpc) is 3.30. The number of nitrogens with zero attached hydrogens (tertiary/aromatic N) is 3. The monoisotopic (exact) mass is 348 g/mol. The van der Waals surface area contributed by atoms with Gasteiger partial charge >= 0.3 is 12.0 Å². The summed E-state index contributed by atoms with van der Waals surface area (Å²) in [5, 5.41) is 10.0. The Morgan fingerprint density at radius 3 is 2.84 bits per heavy atom. The van der Waals surface area contributed by atoms with Crippen LogP contribution in [0, 0.1) is 0 Å². The second-order valence-corrected chi connectivity index (χ2v) is 5.65. The van der Waals surface area contributed by atoms with Crippen LogP contribution in [0.5, 0.6) is 0 Å². The SMILES string of the molecule is CC[C@@]1(C)NC(=O)N(CC(=O)OCc2nnc(-c3ccco3)o2)C1=O. The number of aromatic nitrogens is 2. The summed E-state index contributed by atoms with van der Waals surface area (Å²) >= 11 is 0. The third-order valence-corrected chi connectivity index (χ3v) is 3.89. The number of ether oxygens (including phenoxy) is 1. The second kappa shape index (κ2) is 6.38. The minimum absolute atomic E-state index is 0.0651. The molecule has 1 atom stereocenters. The van der Waals surface area contributed by atoms with Gasteiger partial charge in [0.25, 0.3) is 17.7 Å². The van der Waals surface area contributed by atoms with Crippen LogP contribution in [0.25, 0.3) is 11.7 Å². The molecule has 10 nitrogen and oxygen atoms in total. The Morgan fingerprint density at radius 2 is 2.20 bits per heavy atom. The van der Waals surface area contributed by atoms with Crippen LogP contribution in [0.15, 0.2) is 27.2 Å². The number of imide groups is 1. The molecule has 0 spiro atoms. The third-order valence-electron chi connectivity index (χ3n) is 3.89. The number of amides is 3. The summed E-state index contributed by atoms with van der Waals surface area (Å²) in [6, 6.07) is 2.69. The number of esters is 1. The van der Waals surface area contributed by atoms with Crippen molar-refractivity contribution in [2.24, 2.45) is 0 Å². The maximum absolute atomic E-state index is 12.2. The van der Waals surface area contributed by atoms with Crippen LogP contribution in [-0.2, 0) is 20.9 Å². The van der Waals surface area contributed by atoms with E-state index in [4.69, 9.17) is 13.6 Å². The zero-order chi connectivity index (χ0) is 18.0. The number of hydrogen-bond acceptors (Lipinski definition) is 8. The molecule has 132 valence electrons. The van der Waals surface area contributed by atoms with Crippen molar-refractivity contribution in [1.82, 2.24) is 20.4 Å². The number of hydrogen-bond donors (Lipinski definition) is 1. The lowest BCUT2D eigenvalue weighted by molar-refractivity contribution is -0.149. The summed E-state index contributed by atoms with van der Waals surface area (Å²) < 4.78 is 15.4. The first kappa shape index (κ1) is 16.7. The molecule has 1 saturated heterocycles. The molecular formula is C15H16N4O6. The molecule has 1 aliphatic heterocycles. The van der Waals surface area contributed by atoms with Gasteiger partial charge in [0, 0.05) is 0 Å². The Bertz CT molecular complexity index is 799. The largest absolute Gasteiger partial charge is 0.459 e. The van der Waals surface area contributed by atoms with E-state index in [-0.39, 0.29) is 18.4 Å². The van der Waals surface area contributed by atoms with Gasteiger partial charge in [-0.25, -0.2) is 4.79 Å². The number of carbonyl (C=O) groups is 3. The van der Waals surface area contributed by atoms with Crippen molar-refractivity contribution in [2.75, 3.05) is 6.54 Å². The number of nitrogens with one attached hydrogen (secondary N) is 1. The van der Waals surface area contributed by atoms with Crippen LogP contribution in [0.4, 0.5) is 4.79 Å². The highest BCUT2D eigenvalue weighted by atomic mass is 16.5. The van der Waals surface area contributed by atoms with Crippen molar-refractivity contribution in [3.8, 4) is 11.7 Å². The van der Waals surface area contributed by atoms with E-state index >= 15 is 0 Å². The quantitative estimate of drug-likeness (QED) is 0.607. The topological polar surface area (TPSA) is 128 Å². The molecule has 0 aliphatic carbocycles. The van der Waals surface area contributed by atoms with Gasteiger partial charge in [-0.15, -0.1) is 10.2 Å². The zero-order valence-corrected chi connectivity index (χ0v) is 13.6. The molecule has 1 N–H and O–H groups in total. The molecule has 2 aromatic heterocycles. The lowest BCUT2D eigenvalue weighted by Gasteiger charge is -2.18. The molecule has 0 bridgehead atoms. The van der Waals surface area contributed by atoms with E-state index in [9.17, 15) is 14.4 Å². The molecule has 0 saturated carbocycles. The predicted octanol–water partition coefficient (Wildman–Crippen LogP) is 1.09. The fraction of sp³-hybridized carbons (Fsp3) is 0.400. The third kappa shape index (κ3) is 3.23. The molecule has 25 heavy (non-hydrogen) atoms. The van der Waals surface area contributed by atoms with Crippen molar-refractivity contribution in [3.63, 3.8) is 0 Å². The summed E-state index contributed by atoms with van der Waals surface area (Å²) in [7, 11) is 0. The van der Waals surface area contributed by atoms with Crippen molar-refractivity contribution in [3.05, 3.63) is 24.3 Å². The minimum atomic E-state index is -0.998. The summed E-state index contributed by atoms with van der Waals surface area (Å²) in [4.78, 5) is 36.8. The molecule has 1 fully saturated rings. The predicted molar refractivity (Wildman–Crippen MR) is 80.7 cm³/mol. The standard InChI is InChI=1S/C15H16N4O6/c1-3-15(2)13(21)19(14(22)16-15)7-11(20)24-8-10-17-18-12(25-10)9-5-4-6-23-9/h4-6H,3,7-8H2,1-2H3,(H,16,22)/t15-/m1/s1. The molecule has 0 unspecified atom stereocenters. The molecule has 1 aliphatic rings. The van der Waals surface area contributed by atoms with Gasteiger partial charge in [-0.3, -0.25) is 14.5 Å². The molecule has 3 rings (SSSR count). The highest BCUT2D eigenvalue weighted by Crippen LogP contribution is 2.21. The Kier molecular flexibility index (Phi) is 4.26. The average molecular weight is 348 g/mol. The maximum atomic E-state index is 12.2. The minimum Gasteiger partial charge on any atom is -0.459 e. The van der Waals surface area contributed by atoms with Crippen molar-refractivity contribution >= 4 is 17.9 Å². The van der Waals surface area contributed by atoms with Crippen LogP contribution in [-0.4, -0.2) is 45.1 Å². The van der Waals surface area contributed by atoms with Gasteiger partial charge < -0.3 is 18.9 Å². The van der Waals surface area contributed by atoms with E-state index in [0.717, 1.165) is 4.90 Å². The Hall–Kier alpha value is -3.17. The van der Waals surface area contributed by atoms with E-state index in [1.54, 1.807) is 26.0 Å². The van der Waals surface area contributed by atoms with Gasteiger partial charge in [-0.05, 0) is 25.5 Å². The van der Waals surface area contributed by atoms with E-state index in [1.165, 1.54) is 6.26 Å².